The van der Waals surface area contributed by atoms with Crippen LogP contribution in [0.25, 0.3) is 0 Å². The first-order valence-corrected chi connectivity index (χ1v) is 8.38. The third-order valence-corrected chi connectivity index (χ3v) is 3.73. The Labute approximate surface area is 160 Å². The van der Waals surface area contributed by atoms with Gasteiger partial charge in [-0.2, -0.15) is 13.2 Å². The molecule has 0 aromatic heterocycles. The van der Waals surface area contributed by atoms with E-state index in [0.717, 1.165) is 12.1 Å². The number of benzene rings is 2. The van der Waals surface area contributed by atoms with E-state index in [1.54, 1.807) is 12.1 Å². The fraction of sp³-hybridized carbons (Fsp3) is 0.316. The number of amides is 2. The van der Waals surface area contributed by atoms with Gasteiger partial charge in [0.25, 0.3) is 0 Å². The lowest BCUT2D eigenvalue weighted by molar-refractivity contribution is -0.137. The Morgan fingerprint density at radius 1 is 1.04 bits per heavy atom. The topological polar surface area (TPSA) is 68.8 Å². The summed E-state index contributed by atoms with van der Waals surface area (Å²) in [6.07, 6.45) is -4.42. The number of hydrogen-bond donors (Lipinski definition) is 2. The molecule has 0 saturated heterocycles. The highest BCUT2D eigenvalue weighted by Gasteiger charge is 2.30. The van der Waals surface area contributed by atoms with E-state index in [1.165, 1.54) is 26.4 Å². The lowest BCUT2D eigenvalue weighted by atomic mass is 10.1. The summed E-state index contributed by atoms with van der Waals surface area (Å²) in [6.45, 7) is 2.41. The molecule has 0 saturated carbocycles. The Bertz CT molecular complexity index is 783. The highest BCUT2D eigenvalue weighted by molar-refractivity contribution is 5.89. The van der Waals surface area contributed by atoms with E-state index >= 15 is 0 Å². The second-order valence-corrected chi connectivity index (χ2v) is 5.65. The van der Waals surface area contributed by atoms with Crippen molar-refractivity contribution in [2.75, 3.05) is 26.1 Å². The first-order chi connectivity index (χ1) is 13.3. The van der Waals surface area contributed by atoms with Crippen molar-refractivity contribution >= 4 is 11.7 Å². The molecule has 0 unspecified atom stereocenters. The second-order valence-electron chi connectivity index (χ2n) is 5.65. The number of ether oxygens (including phenoxy) is 3. The number of alkyl halides is 3. The van der Waals surface area contributed by atoms with Crippen molar-refractivity contribution in [1.29, 1.82) is 0 Å². The highest BCUT2D eigenvalue weighted by atomic mass is 19.4. The van der Waals surface area contributed by atoms with Crippen LogP contribution in [0.4, 0.5) is 23.7 Å². The van der Waals surface area contributed by atoms with Crippen LogP contribution in [0.3, 0.4) is 0 Å². The van der Waals surface area contributed by atoms with Crippen LogP contribution >= 0.6 is 0 Å². The van der Waals surface area contributed by atoms with E-state index in [9.17, 15) is 18.0 Å². The van der Waals surface area contributed by atoms with E-state index in [-0.39, 0.29) is 12.2 Å². The standard InChI is InChI=1S/C19H21F3N2O4/c1-4-28-17-15(26-2)9-12(10-16(17)27-3)11-23-18(25)24-14-7-5-13(6-8-14)19(20,21)22/h5-10H,4,11H2,1-3H3,(H2,23,24,25). The number of nitrogens with one attached hydrogen (secondary N) is 2. The first-order valence-electron chi connectivity index (χ1n) is 8.38. The number of methoxy groups -OCH3 is 2. The van der Waals surface area contributed by atoms with Crippen molar-refractivity contribution in [2.45, 2.75) is 19.6 Å². The summed E-state index contributed by atoms with van der Waals surface area (Å²) in [5, 5.41) is 5.10. The molecular formula is C19H21F3N2O4. The minimum atomic E-state index is -4.42. The van der Waals surface area contributed by atoms with Crippen LogP contribution in [0.5, 0.6) is 17.2 Å². The average molecular weight is 398 g/mol. The van der Waals surface area contributed by atoms with Gasteiger partial charge >= 0.3 is 12.2 Å². The maximum atomic E-state index is 12.6. The van der Waals surface area contributed by atoms with E-state index in [4.69, 9.17) is 14.2 Å². The quantitative estimate of drug-likeness (QED) is 0.723. The largest absolute Gasteiger partial charge is 0.493 e. The Kier molecular flexibility index (Phi) is 6.97. The van der Waals surface area contributed by atoms with Gasteiger partial charge in [0.1, 0.15) is 0 Å². The number of halogens is 3. The SMILES string of the molecule is CCOc1c(OC)cc(CNC(=O)Nc2ccc(C(F)(F)F)cc2)cc1OC. The zero-order valence-corrected chi connectivity index (χ0v) is 15.6. The number of carbonyl (C=O) groups excluding carboxylic acids is 1. The molecule has 0 aliphatic rings. The van der Waals surface area contributed by atoms with Crippen molar-refractivity contribution in [1.82, 2.24) is 5.32 Å². The van der Waals surface area contributed by atoms with E-state index in [2.05, 4.69) is 10.6 Å². The van der Waals surface area contributed by atoms with Crippen LogP contribution in [0, 0.1) is 0 Å². The lowest BCUT2D eigenvalue weighted by Gasteiger charge is -2.16. The Morgan fingerprint density at radius 2 is 1.61 bits per heavy atom. The molecule has 0 bridgehead atoms. The molecule has 0 atom stereocenters. The van der Waals surface area contributed by atoms with Crippen LogP contribution in [0.2, 0.25) is 0 Å². The molecule has 6 nitrogen and oxygen atoms in total. The molecular weight excluding hydrogens is 377 g/mol. The summed E-state index contributed by atoms with van der Waals surface area (Å²) in [6, 6.07) is 7.01. The number of carbonyl (C=O) groups is 1. The smallest absolute Gasteiger partial charge is 0.416 e. The second kappa shape index (κ2) is 9.20. The molecule has 2 N–H and O–H groups in total. The highest BCUT2D eigenvalue weighted by Crippen LogP contribution is 2.38. The van der Waals surface area contributed by atoms with Gasteiger partial charge in [0, 0.05) is 12.2 Å². The Hall–Kier alpha value is -3.10. The normalized spacial score (nSPS) is 10.9. The van der Waals surface area contributed by atoms with Gasteiger partial charge in [-0.3, -0.25) is 0 Å². The van der Waals surface area contributed by atoms with Crippen LogP contribution < -0.4 is 24.8 Å². The van der Waals surface area contributed by atoms with Gasteiger partial charge < -0.3 is 24.8 Å². The lowest BCUT2D eigenvalue weighted by Crippen LogP contribution is -2.28. The molecule has 0 aliphatic heterocycles. The van der Waals surface area contributed by atoms with Gasteiger partial charge in [-0.05, 0) is 48.9 Å². The number of hydrogen-bond acceptors (Lipinski definition) is 4. The van der Waals surface area contributed by atoms with Crippen LogP contribution in [-0.4, -0.2) is 26.9 Å². The number of anilines is 1. The van der Waals surface area contributed by atoms with E-state index in [0.29, 0.717) is 29.4 Å². The molecule has 0 spiro atoms. The Morgan fingerprint density at radius 3 is 2.07 bits per heavy atom. The molecule has 0 aliphatic carbocycles. The summed E-state index contributed by atoms with van der Waals surface area (Å²) in [4.78, 5) is 12.0. The first kappa shape index (κ1) is 21.2. The van der Waals surface area contributed by atoms with Crippen molar-refractivity contribution in [3.05, 3.63) is 47.5 Å². The fourth-order valence-corrected chi connectivity index (χ4v) is 2.42. The molecule has 0 radical (unpaired) electrons. The van der Waals surface area contributed by atoms with Crippen molar-refractivity contribution in [3.8, 4) is 17.2 Å². The third-order valence-electron chi connectivity index (χ3n) is 3.73. The number of urea groups is 1. The predicted octanol–water partition coefficient (Wildman–Crippen LogP) is 4.44. The van der Waals surface area contributed by atoms with Crippen LogP contribution in [0.15, 0.2) is 36.4 Å². The fourth-order valence-electron chi connectivity index (χ4n) is 2.42. The molecule has 2 aromatic carbocycles. The number of rotatable bonds is 7. The minimum absolute atomic E-state index is 0.144. The summed E-state index contributed by atoms with van der Waals surface area (Å²) in [5.41, 5.74) is 0.152. The molecule has 0 fully saturated rings. The minimum Gasteiger partial charge on any atom is -0.493 e. The molecule has 2 rings (SSSR count). The molecule has 28 heavy (non-hydrogen) atoms. The molecule has 2 amide bonds. The van der Waals surface area contributed by atoms with E-state index < -0.39 is 17.8 Å². The van der Waals surface area contributed by atoms with Crippen LogP contribution in [-0.2, 0) is 12.7 Å². The Balaban J connectivity index is 2.02. The average Bonchev–Trinajstić information content (AvgIpc) is 2.66. The predicted molar refractivity (Wildman–Crippen MR) is 98.0 cm³/mol. The third kappa shape index (κ3) is 5.45. The zero-order chi connectivity index (χ0) is 20.7. The van der Waals surface area contributed by atoms with Crippen LogP contribution in [0.1, 0.15) is 18.1 Å². The van der Waals surface area contributed by atoms with Gasteiger partial charge in [-0.15, -0.1) is 0 Å². The summed E-state index contributed by atoms with van der Waals surface area (Å²) < 4.78 is 53.8. The molecule has 152 valence electrons. The monoisotopic (exact) mass is 398 g/mol. The summed E-state index contributed by atoms with van der Waals surface area (Å²) in [7, 11) is 2.98. The maximum Gasteiger partial charge on any atom is 0.416 e. The summed E-state index contributed by atoms with van der Waals surface area (Å²) in [5.74, 6) is 1.38. The maximum absolute atomic E-state index is 12.6. The van der Waals surface area contributed by atoms with Crippen molar-refractivity contribution < 1.29 is 32.2 Å². The molecule has 0 heterocycles. The van der Waals surface area contributed by atoms with Crippen molar-refractivity contribution in [2.24, 2.45) is 0 Å². The van der Waals surface area contributed by atoms with Gasteiger partial charge in [-0.1, -0.05) is 0 Å². The van der Waals surface area contributed by atoms with Gasteiger partial charge in [0.15, 0.2) is 11.5 Å². The van der Waals surface area contributed by atoms with E-state index in [1.807, 2.05) is 6.92 Å². The zero-order valence-electron chi connectivity index (χ0n) is 15.6. The molecule has 9 heteroatoms. The molecule has 2 aromatic rings. The van der Waals surface area contributed by atoms with Gasteiger partial charge in [0.2, 0.25) is 5.75 Å². The van der Waals surface area contributed by atoms with Gasteiger partial charge in [0.05, 0.1) is 26.4 Å². The van der Waals surface area contributed by atoms with Gasteiger partial charge in [-0.25, -0.2) is 4.79 Å². The summed E-state index contributed by atoms with van der Waals surface area (Å²) >= 11 is 0. The van der Waals surface area contributed by atoms with Crippen molar-refractivity contribution in [3.63, 3.8) is 0 Å².